The van der Waals surface area contributed by atoms with Crippen LogP contribution in [-0.2, 0) is 11.2 Å². The number of carbonyl (C=O) groups excluding carboxylic acids is 2. The van der Waals surface area contributed by atoms with Crippen LogP contribution in [-0.4, -0.2) is 16.8 Å². The van der Waals surface area contributed by atoms with E-state index in [0.717, 1.165) is 0 Å². The molecule has 1 amide bonds. The molecule has 27 heavy (non-hydrogen) atoms. The molecule has 7 nitrogen and oxygen atoms in total. The molecule has 1 aromatic heterocycles. The summed E-state index contributed by atoms with van der Waals surface area (Å²) in [4.78, 5) is 34.7. The Balaban J connectivity index is 1.55. The van der Waals surface area contributed by atoms with Crippen molar-refractivity contribution in [2.75, 3.05) is 5.32 Å². The van der Waals surface area contributed by atoms with Crippen molar-refractivity contribution >= 4 is 34.6 Å². The van der Waals surface area contributed by atoms with Crippen molar-refractivity contribution < 1.29 is 19.2 Å². The molecule has 0 fully saturated rings. The molecule has 136 valence electrons. The summed E-state index contributed by atoms with van der Waals surface area (Å²) in [5, 5.41) is 15.2. The highest BCUT2D eigenvalue weighted by atomic mass is 32.1. The molecule has 3 aromatic rings. The molecule has 0 spiro atoms. The van der Waals surface area contributed by atoms with Crippen LogP contribution in [0.4, 0.5) is 11.4 Å². The summed E-state index contributed by atoms with van der Waals surface area (Å²) in [6.07, 6.45) is -0.00510. The SMILES string of the molecule is O=C(Cc1ccc([N+](=O)[O-])cc1)Oc1ccc(NC(=O)c2cccs2)cc1. The van der Waals surface area contributed by atoms with Crippen molar-refractivity contribution in [1.29, 1.82) is 0 Å². The Kier molecular flexibility index (Phi) is 5.58. The minimum absolute atomic E-state index is 0.00510. The second-order valence-electron chi connectivity index (χ2n) is 5.53. The number of nitrogens with one attached hydrogen (secondary N) is 1. The number of esters is 1. The highest BCUT2D eigenvalue weighted by molar-refractivity contribution is 7.12. The number of nitro groups is 1. The van der Waals surface area contributed by atoms with Gasteiger partial charge in [0.15, 0.2) is 0 Å². The molecule has 0 bridgehead atoms. The fraction of sp³-hybridized carbons (Fsp3) is 0.0526. The van der Waals surface area contributed by atoms with Crippen LogP contribution < -0.4 is 10.1 Å². The molecule has 0 unspecified atom stereocenters. The summed E-state index contributed by atoms with van der Waals surface area (Å²) in [5.41, 5.74) is 1.17. The molecular weight excluding hydrogens is 368 g/mol. The van der Waals surface area contributed by atoms with Crippen LogP contribution >= 0.6 is 11.3 Å². The van der Waals surface area contributed by atoms with Crippen LogP contribution in [0.1, 0.15) is 15.2 Å². The van der Waals surface area contributed by atoms with E-state index in [1.807, 2.05) is 5.38 Å². The summed E-state index contributed by atoms with van der Waals surface area (Å²) < 4.78 is 5.24. The number of anilines is 1. The molecule has 3 rings (SSSR count). The molecule has 1 heterocycles. The number of hydrogen-bond donors (Lipinski definition) is 1. The minimum Gasteiger partial charge on any atom is -0.426 e. The largest absolute Gasteiger partial charge is 0.426 e. The van der Waals surface area contributed by atoms with Gasteiger partial charge in [0, 0.05) is 17.8 Å². The van der Waals surface area contributed by atoms with Crippen LogP contribution in [0.3, 0.4) is 0 Å². The van der Waals surface area contributed by atoms with Crippen LogP contribution in [0.25, 0.3) is 0 Å². The molecule has 8 heteroatoms. The topological polar surface area (TPSA) is 98.5 Å². The summed E-state index contributed by atoms with van der Waals surface area (Å²) in [5.74, 6) is -0.344. The van der Waals surface area contributed by atoms with Gasteiger partial charge >= 0.3 is 5.97 Å². The van der Waals surface area contributed by atoms with E-state index in [2.05, 4.69) is 5.32 Å². The highest BCUT2D eigenvalue weighted by Crippen LogP contribution is 2.19. The van der Waals surface area contributed by atoms with Crippen LogP contribution in [0.5, 0.6) is 5.75 Å². The first-order valence-corrected chi connectivity index (χ1v) is 8.78. The van der Waals surface area contributed by atoms with Crippen molar-refractivity contribution in [3.8, 4) is 5.75 Å². The lowest BCUT2D eigenvalue weighted by atomic mass is 10.1. The van der Waals surface area contributed by atoms with E-state index in [1.54, 1.807) is 36.4 Å². The number of nitro benzene ring substituents is 1. The van der Waals surface area contributed by atoms with Crippen LogP contribution in [0.2, 0.25) is 0 Å². The number of benzene rings is 2. The lowest BCUT2D eigenvalue weighted by Gasteiger charge is -2.07. The fourth-order valence-corrected chi connectivity index (χ4v) is 2.90. The molecule has 0 aliphatic carbocycles. The average molecular weight is 382 g/mol. The number of thiophene rings is 1. The van der Waals surface area contributed by atoms with Crippen molar-refractivity contribution in [2.45, 2.75) is 6.42 Å². The van der Waals surface area contributed by atoms with E-state index in [-0.39, 0.29) is 18.0 Å². The zero-order valence-electron chi connectivity index (χ0n) is 14.0. The van der Waals surface area contributed by atoms with E-state index < -0.39 is 10.9 Å². The van der Waals surface area contributed by atoms with Gasteiger partial charge in [0.25, 0.3) is 11.6 Å². The van der Waals surface area contributed by atoms with Crippen molar-refractivity contribution in [3.05, 3.63) is 86.6 Å². The molecular formula is C19H14N2O5S. The lowest BCUT2D eigenvalue weighted by Crippen LogP contribution is -2.12. The third-order valence-electron chi connectivity index (χ3n) is 3.58. The summed E-state index contributed by atoms with van der Waals surface area (Å²) in [6, 6.07) is 15.7. The predicted octanol–water partition coefficient (Wildman–Crippen LogP) is 4.06. The van der Waals surface area contributed by atoms with Gasteiger partial charge in [0.05, 0.1) is 16.2 Å². The Morgan fingerprint density at radius 3 is 2.33 bits per heavy atom. The van der Waals surface area contributed by atoms with Gasteiger partial charge in [-0.15, -0.1) is 11.3 Å². The highest BCUT2D eigenvalue weighted by Gasteiger charge is 2.10. The number of amides is 1. The molecule has 1 N–H and O–H groups in total. The van der Waals surface area contributed by atoms with Gasteiger partial charge in [-0.2, -0.15) is 0 Å². The van der Waals surface area contributed by atoms with E-state index in [9.17, 15) is 19.7 Å². The van der Waals surface area contributed by atoms with E-state index in [4.69, 9.17) is 4.74 Å². The van der Waals surface area contributed by atoms with E-state index >= 15 is 0 Å². The maximum atomic E-state index is 12.0. The molecule has 2 aromatic carbocycles. The van der Waals surface area contributed by atoms with Crippen LogP contribution in [0.15, 0.2) is 66.0 Å². The summed E-state index contributed by atoms with van der Waals surface area (Å²) in [7, 11) is 0. The second-order valence-corrected chi connectivity index (χ2v) is 6.48. The molecule has 0 radical (unpaired) electrons. The standard InChI is InChI=1S/C19H14N2O5S/c22-18(12-13-3-7-15(8-4-13)21(24)25)26-16-9-5-14(6-10-16)20-19(23)17-2-1-11-27-17/h1-11H,12H2,(H,20,23). The van der Waals surface area contributed by atoms with Gasteiger partial charge in [-0.3, -0.25) is 19.7 Å². The van der Waals surface area contributed by atoms with Crippen LogP contribution in [0, 0.1) is 10.1 Å². The normalized spacial score (nSPS) is 10.2. The first kappa shape index (κ1) is 18.3. The molecule has 0 aliphatic heterocycles. The van der Waals surface area contributed by atoms with Gasteiger partial charge in [-0.05, 0) is 41.3 Å². The number of rotatable bonds is 6. The van der Waals surface area contributed by atoms with Gasteiger partial charge in [0.2, 0.25) is 0 Å². The average Bonchev–Trinajstić information content (AvgIpc) is 3.18. The summed E-state index contributed by atoms with van der Waals surface area (Å²) >= 11 is 1.35. The third kappa shape index (κ3) is 4.99. The molecule has 0 saturated carbocycles. The Labute approximate surface area is 158 Å². The van der Waals surface area contributed by atoms with E-state index in [1.165, 1.54) is 35.6 Å². The monoisotopic (exact) mass is 382 g/mol. The van der Waals surface area contributed by atoms with Crippen molar-refractivity contribution in [2.24, 2.45) is 0 Å². The number of carbonyl (C=O) groups is 2. The van der Waals surface area contributed by atoms with Gasteiger partial charge in [-0.25, -0.2) is 0 Å². The van der Waals surface area contributed by atoms with Gasteiger partial charge in [0.1, 0.15) is 5.75 Å². The van der Waals surface area contributed by atoms with Gasteiger partial charge < -0.3 is 10.1 Å². The van der Waals surface area contributed by atoms with Crippen molar-refractivity contribution in [3.63, 3.8) is 0 Å². The minimum atomic E-state index is -0.499. The molecule has 0 atom stereocenters. The molecule has 0 saturated heterocycles. The Bertz CT molecular complexity index is 951. The predicted molar refractivity (Wildman–Crippen MR) is 101 cm³/mol. The Morgan fingerprint density at radius 1 is 1.04 bits per heavy atom. The first-order chi connectivity index (χ1) is 13.0. The third-order valence-corrected chi connectivity index (χ3v) is 4.45. The zero-order valence-corrected chi connectivity index (χ0v) is 14.8. The number of nitrogens with zero attached hydrogens (tertiary/aromatic N) is 1. The maximum absolute atomic E-state index is 12.0. The smallest absolute Gasteiger partial charge is 0.315 e. The van der Waals surface area contributed by atoms with Crippen molar-refractivity contribution in [1.82, 2.24) is 0 Å². The van der Waals surface area contributed by atoms with E-state index in [0.29, 0.717) is 21.9 Å². The van der Waals surface area contributed by atoms with Gasteiger partial charge in [-0.1, -0.05) is 18.2 Å². The Morgan fingerprint density at radius 2 is 1.74 bits per heavy atom. The molecule has 0 aliphatic rings. The number of ether oxygens (including phenoxy) is 1. The quantitative estimate of drug-likeness (QED) is 0.300. The Hall–Kier alpha value is -3.52. The fourth-order valence-electron chi connectivity index (χ4n) is 2.28. The number of non-ortho nitro benzene ring substituents is 1. The first-order valence-electron chi connectivity index (χ1n) is 7.90. The maximum Gasteiger partial charge on any atom is 0.315 e. The number of hydrogen-bond acceptors (Lipinski definition) is 6. The second kappa shape index (κ2) is 8.24. The summed E-state index contributed by atoms with van der Waals surface area (Å²) in [6.45, 7) is 0. The zero-order chi connectivity index (χ0) is 19.2. The lowest BCUT2D eigenvalue weighted by molar-refractivity contribution is -0.384.